The molecule has 24 heavy (non-hydrogen) atoms. The van der Waals surface area contributed by atoms with Gasteiger partial charge in [-0.05, 0) is 48.2 Å². The predicted molar refractivity (Wildman–Crippen MR) is 96.8 cm³/mol. The highest BCUT2D eigenvalue weighted by atomic mass is 16.5. The quantitative estimate of drug-likeness (QED) is 0.406. The van der Waals surface area contributed by atoms with Crippen LogP contribution in [0.4, 0.5) is 0 Å². The summed E-state index contributed by atoms with van der Waals surface area (Å²) < 4.78 is 10.8. The number of carbonyl (C=O) groups is 1. The lowest BCUT2D eigenvalue weighted by Gasteiger charge is -2.11. The van der Waals surface area contributed by atoms with E-state index >= 15 is 0 Å². The molecule has 0 saturated heterocycles. The molecule has 124 valence electrons. The van der Waals surface area contributed by atoms with Gasteiger partial charge < -0.3 is 9.47 Å². The smallest absolute Gasteiger partial charge is 0.330 e. The first-order valence-corrected chi connectivity index (χ1v) is 7.98. The summed E-state index contributed by atoms with van der Waals surface area (Å²) in [6, 6.07) is 15.9. The van der Waals surface area contributed by atoms with E-state index in [9.17, 15) is 4.79 Å². The SMILES string of the molecule is C=CCc1cc(C=CC(=O)OCC)ccc1OCc1ccccc1. The largest absolute Gasteiger partial charge is 0.489 e. The lowest BCUT2D eigenvalue weighted by atomic mass is 10.1. The third kappa shape index (κ3) is 5.43. The van der Waals surface area contributed by atoms with Crippen LogP contribution in [0.3, 0.4) is 0 Å². The van der Waals surface area contributed by atoms with Crippen LogP contribution >= 0.6 is 0 Å². The van der Waals surface area contributed by atoms with Crippen LogP contribution in [-0.4, -0.2) is 12.6 Å². The van der Waals surface area contributed by atoms with Gasteiger partial charge in [0.1, 0.15) is 12.4 Å². The summed E-state index contributed by atoms with van der Waals surface area (Å²) in [4.78, 5) is 11.4. The van der Waals surface area contributed by atoms with Gasteiger partial charge in [0, 0.05) is 6.08 Å². The summed E-state index contributed by atoms with van der Waals surface area (Å²) in [5.74, 6) is 0.485. The van der Waals surface area contributed by atoms with Gasteiger partial charge in [-0.2, -0.15) is 0 Å². The van der Waals surface area contributed by atoms with Crippen molar-refractivity contribution in [3.05, 3.63) is 84.0 Å². The molecule has 2 rings (SSSR count). The van der Waals surface area contributed by atoms with E-state index in [4.69, 9.17) is 9.47 Å². The molecule has 0 radical (unpaired) electrons. The summed E-state index contributed by atoms with van der Waals surface area (Å²) in [6.45, 7) is 6.47. The van der Waals surface area contributed by atoms with Gasteiger partial charge >= 0.3 is 5.97 Å². The van der Waals surface area contributed by atoms with Crippen molar-refractivity contribution in [3.63, 3.8) is 0 Å². The van der Waals surface area contributed by atoms with Crippen molar-refractivity contribution in [1.82, 2.24) is 0 Å². The molecule has 0 aliphatic rings. The number of ether oxygens (including phenoxy) is 2. The zero-order chi connectivity index (χ0) is 17.2. The summed E-state index contributed by atoms with van der Waals surface area (Å²) >= 11 is 0. The van der Waals surface area contributed by atoms with E-state index < -0.39 is 0 Å². The second-order valence-corrected chi connectivity index (χ2v) is 5.22. The monoisotopic (exact) mass is 322 g/mol. The number of hydrogen-bond acceptors (Lipinski definition) is 3. The highest BCUT2D eigenvalue weighted by Crippen LogP contribution is 2.23. The highest BCUT2D eigenvalue weighted by Gasteiger charge is 2.04. The molecule has 0 spiro atoms. The van der Waals surface area contributed by atoms with Gasteiger partial charge in [0.15, 0.2) is 0 Å². The van der Waals surface area contributed by atoms with Crippen molar-refractivity contribution in [2.45, 2.75) is 20.0 Å². The van der Waals surface area contributed by atoms with Gasteiger partial charge in [-0.3, -0.25) is 0 Å². The number of esters is 1. The minimum atomic E-state index is -0.341. The minimum Gasteiger partial charge on any atom is -0.489 e. The van der Waals surface area contributed by atoms with Gasteiger partial charge in [-0.1, -0.05) is 42.5 Å². The zero-order valence-electron chi connectivity index (χ0n) is 13.9. The topological polar surface area (TPSA) is 35.5 Å². The molecule has 2 aromatic carbocycles. The molecule has 0 N–H and O–H groups in total. The van der Waals surface area contributed by atoms with Gasteiger partial charge in [0.05, 0.1) is 6.61 Å². The molecular formula is C21H22O3. The van der Waals surface area contributed by atoms with E-state index in [0.717, 1.165) is 22.4 Å². The molecule has 0 atom stereocenters. The summed E-state index contributed by atoms with van der Waals surface area (Å²) in [6.07, 6.45) is 5.71. The normalized spacial score (nSPS) is 10.5. The Morgan fingerprint density at radius 3 is 2.67 bits per heavy atom. The van der Waals surface area contributed by atoms with Crippen LogP contribution in [0.25, 0.3) is 6.08 Å². The predicted octanol–water partition coefficient (Wildman–Crippen LogP) is 4.57. The summed E-state index contributed by atoms with van der Waals surface area (Å²) in [5.41, 5.74) is 3.08. The standard InChI is InChI=1S/C21H22O3/c1-3-8-19-15-17(12-14-21(22)23-4-2)11-13-20(19)24-16-18-9-6-5-7-10-18/h3,5-7,9-15H,1,4,8,16H2,2H3. The summed E-state index contributed by atoms with van der Waals surface area (Å²) in [5, 5.41) is 0. The van der Waals surface area contributed by atoms with E-state index in [2.05, 4.69) is 6.58 Å². The Morgan fingerprint density at radius 2 is 1.96 bits per heavy atom. The average Bonchev–Trinajstić information content (AvgIpc) is 2.60. The Hall–Kier alpha value is -2.81. The van der Waals surface area contributed by atoms with Gasteiger partial charge in [-0.25, -0.2) is 4.79 Å². The fraction of sp³-hybridized carbons (Fsp3) is 0.190. The van der Waals surface area contributed by atoms with E-state index in [1.807, 2.05) is 54.6 Å². The van der Waals surface area contributed by atoms with Crippen molar-refractivity contribution < 1.29 is 14.3 Å². The Kier molecular flexibility index (Phi) is 6.84. The molecule has 0 fully saturated rings. The van der Waals surface area contributed by atoms with Crippen LogP contribution in [0.2, 0.25) is 0 Å². The van der Waals surface area contributed by atoms with E-state index in [0.29, 0.717) is 19.6 Å². The molecule has 0 bridgehead atoms. The maximum Gasteiger partial charge on any atom is 0.330 e. The number of carbonyl (C=O) groups excluding carboxylic acids is 1. The molecule has 0 unspecified atom stereocenters. The van der Waals surface area contributed by atoms with Gasteiger partial charge in [0.2, 0.25) is 0 Å². The lowest BCUT2D eigenvalue weighted by Crippen LogP contribution is -1.99. The first kappa shape index (κ1) is 17.5. The third-order valence-electron chi connectivity index (χ3n) is 3.38. The van der Waals surface area contributed by atoms with E-state index in [1.54, 1.807) is 13.0 Å². The van der Waals surface area contributed by atoms with Gasteiger partial charge in [0.25, 0.3) is 0 Å². The maximum absolute atomic E-state index is 11.4. The molecule has 0 heterocycles. The van der Waals surface area contributed by atoms with E-state index in [-0.39, 0.29) is 5.97 Å². The van der Waals surface area contributed by atoms with Crippen LogP contribution in [0.1, 0.15) is 23.6 Å². The van der Waals surface area contributed by atoms with Crippen LogP contribution in [-0.2, 0) is 22.6 Å². The number of rotatable bonds is 8. The van der Waals surface area contributed by atoms with Crippen molar-refractivity contribution in [2.75, 3.05) is 6.61 Å². The summed E-state index contributed by atoms with van der Waals surface area (Å²) in [7, 11) is 0. The molecule has 0 aromatic heterocycles. The molecule has 3 nitrogen and oxygen atoms in total. The number of hydrogen-bond donors (Lipinski definition) is 0. The first-order chi connectivity index (χ1) is 11.7. The lowest BCUT2D eigenvalue weighted by molar-refractivity contribution is -0.137. The van der Waals surface area contributed by atoms with E-state index in [1.165, 1.54) is 6.08 Å². The Labute approximate surface area is 143 Å². The fourth-order valence-electron chi connectivity index (χ4n) is 2.25. The fourth-order valence-corrected chi connectivity index (χ4v) is 2.25. The number of benzene rings is 2. The Bertz CT molecular complexity index is 702. The molecule has 3 heteroatoms. The van der Waals surface area contributed by atoms with Crippen molar-refractivity contribution >= 4 is 12.0 Å². The molecule has 0 saturated carbocycles. The Morgan fingerprint density at radius 1 is 1.17 bits per heavy atom. The van der Waals surface area contributed by atoms with Crippen LogP contribution in [0, 0.1) is 0 Å². The number of allylic oxidation sites excluding steroid dienone is 1. The van der Waals surface area contributed by atoms with Crippen molar-refractivity contribution in [2.24, 2.45) is 0 Å². The minimum absolute atomic E-state index is 0.341. The van der Waals surface area contributed by atoms with Gasteiger partial charge in [-0.15, -0.1) is 6.58 Å². The second kappa shape index (κ2) is 9.36. The zero-order valence-corrected chi connectivity index (χ0v) is 13.9. The van der Waals surface area contributed by atoms with Crippen LogP contribution in [0.5, 0.6) is 5.75 Å². The van der Waals surface area contributed by atoms with Crippen molar-refractivity contribution in [3.8, 4) is 5.75 Å². The van der Waals surface area contributed by atoms with Crippen LogP contribution in [0.15, 0.2) is 67.3 Å². The van der Waals surface area contributed by atoms with Crippen LogP contribution < -0.4 is 4.74 Å². The molecule has 0 aliphatic carbocycles. The molecule has 0 aliphatic heterocycles. The Balaban J connectivity index is 2.11. The molecule has 0 amide bonds. The molecule has 2 aromatic rings. The second-order valence-electron chi connectivity index (χ2n) is 5.22. The third-order valence-corrected chi connectivity index (χ3v) is 3.38. The molecular weight excluding hydrogens is 300 g/mol. The first-order valence-electron chi connectivity index (χ1n) is 7.98. The highest BCUT2D eigenvalue weighted by molar-refractivity contribution is 5.87. The van der Waals surface area contributed by atoms with Crippen molar-refractivity contribution in [1.29, 1.82) is 0 Å². The average molecular weight is 322 g/mol. The maximum atomic E-state index is 11.4.